The molecule has 1 spiro atoms. The average molecular weight is 410 g/mol. The van der Waals surface area contributed by atoms with Gasteiger partial charge in [-0.2, -0.15) is 0 Å². The third-order valence-corrected chi connectivity index (χ3v) is 5.74. The van der Waals surface area contributed by atoms with E-state index in [1.54, 1.807) is 30.3 Å². The van der Waals surface area contributed by atoms with Gasteiger partial charge in [0.1, 0.15) is 17.2 Å². The number of carbonyl (C=O) groups excluding carboxylic acids is 2. The number of halogens is 1. The van der Waals surface area contributed by atoms with Gasteiger partial charge < -0.3 is 4.74 Å². The van der Waals surface area contributed by atoms with E-state index in [2.05, 4.69) is 4.90 Å². The molecule has 1 fully saturated rings. The molecule has 2 aliphatic heterocycles. The highest BCUT2D eigenvalue weighted by atomic mass is 19.1. The SMILES string of the molecule is O=C(/C=C/c1ccc2c(c1)C(=O)CC1(CCN(Cc3ccc(F)cc3)CC1)O2)NO. The number of likely N-dealkylation sites (tertiary alicyclic amines) is 1. The van der Waals surface area contributed by atoms with Crippen LogP contribution < -0.4 is 10.2 Å². The van der Waals surface area contributed by atoms with Crippen molar-refractivity contribution >= 4 is 17.8 Å². The molecule has 0 radical (unpaired) electrons. The molecule has 7 heteroatoms. The summed E-state index contributed by atoms with van der Waals surface area (Å²) in [4.78, 5) is 26.3. The highest BCUT2D eigenvalue weighted by Crippen LogP contribution is 2.40. The van der Waals surface area contributed by atoms with Crippen molar-refractivity contribution in [1.82, 2.24) is 10.4 Å². The second kappa shape index (κ2) is 8.38. The van der Waals surface area contributed by atoms with Crippen molar-refractivity contribution in [1.29, 1.82) is 0 Å². The topological polar surface area (TPSA) is 78.9 Å². The van der Waals surface area contributed by atoms with Gasteiger partial charge in [-0.3, -0.25) is 19.7 Å². The van der Waals surface area contributed by atoms with Gasteiger partial charge in [0.25, 0.3) is 5.91 Å². The van der Waals surface area contributed by atoms with E-state index in [0.717, 1.165) is 38.0 Å². The number of nitrogens with one attached hydrogen (secondary N) is 1. The maximum absolute atomic E-state index is 13.1. The summed E-state index contributed by atoms with van der Waals surface area (Å²) in [7, 11) is 0. The molecule has 30 heavy (non-hydrogen) atoms. The first kappa shape index (κ1) is 20.3. The van der Waals surface area contributed by atoms with Crippen LogP contribution in [0.25, 0.3) is 6.08 Å². The number of carbonyl (C=O) groups is 2. The Bertz CT molecular complexity index is 979. The summed E-state index contributed by atoms with van der Waals surface area (Å²) in [6, 6.07) is 11.8. The van der Waals surface area contributed by atoms with E-state index < -0.39 is 11.5 Å². The number of rotatable bonds is 4. The second-order valence-corrected chi connectivity index (χ2v) is 7.85. The summed E-state index contributed by atoms with van der Waals surface area (Å²) >= 11 is 0. The molecular weight excluding hydrogens is 387 g/mol. The number of benzene rings is 2. The van der Waals surface area contributed by atoms with Crippen molar-refractivity contribution in [3.63, 3.8) is 0 Å². The van der Waals surface area contributed by atoms with Gasteiger partial charge in [-0.25, -0.2) is 9.87 Å². The van der Waals surface area contributed by atoms with Gasteiger partial charge in [0, 0.05) is 38.6 Å². The van der Waals surface area contributed by atoms with Gasteiger partial charge in [-0.05, 0) is 41.5 Å². The van der Waals surface area contributed by atoms with Crippen molar-refractivity contribution in [3.8, 4) is 5.75 Å². The Balaban J connectivity index is 1.42. The predicted molar refractivity (Wildman–Crippen MR) is 109 cm³/mol. The van der Waals surface area contributed by atoms with Crippen molar-refractivity contribution in [2.45, 2.75) is 31.4 Å². The molecule has 2 aromatic carbocycles. The predicted octanol–water partition coefficient (Wildman–Crippen LogP) is 3.34. The number of fused-ring (bicyclic) bond motifs is 1. The fourth-order valence-electron chi connectivity index (χ4n) is 4.07. The van der Waals surface area contributed by atoms with Crippen molar-refractivity contribution in [2.75, 3.05) is 13.1 Å². The van der Waals surface area contributed by atoms with Crippen LogP contribution in [0.5, 0.6) is 5.75 Å². The number of amides is 1. The van der Waals surface area contributed by atoms with Crippen molar-refractivity contribution < 1.29 is 23.9 Å². The van der Waals surface area contributed by atoms with Crippen molar-refractivity contribution in [3.05, 3.63) is 71.0 Å². The number of ketones is 1. The normalized spacial score (nSPS) is 18.3. The summed E-state index contributed by atoms with van der Waals surface area (Å²) in [5.41, 5.74) is 3.30. The van der Waals surface area contributed by atoms with Crippen LogP contribution in [0, 0.1) is 5.82 Å². The number of ether oxygens (including phenoxy) is 1. The lowest BCUT2D eigenvalue weighted by molar-refractivity contribution is -0.124. The lowest BCUT2D eigenvalue weighted by Crippen LogP contribution is -2.50. The second-order valence-electron chi connectivity index (χ2n) is 7.85. The zero-order valence-corrected chi connectivity index (χ0v) is 16.4. The largest absolute Gasteiger partial charge is 0.486 e. The Morgan fingerprint density at radius 2 is 1.93 bits per heavy atom. The molecular formula is C23H23FN2O4. The van der Waals surface area contributed by atoms with Crippen LogP contribution in [-0.2, 0) is 11.3 Å². The minimum absolute atomic E-state index is 0.0325. The average Bonchev–Trinajstić information content (AvgIpc) is 2.75. The molecule has 156 valence electrons. The Kier molecular flexibility index (Phi) is 5.65. The van der Waals surface area contributed by atoms with E-state index >= 15 is 0 Å². The monoisotopic (exact) mass is 410 g/mol. The van der Waals surface area contributed by atoms with Gasteiger partial charge in [-0.15, -0.1) is 0 Å². The minimum Gasteiger partial charge on any atom is -0.486 e. The number of piperidine rings is 1. The van der Waals surface area contributed by atoms with E-state index in [-0.39, 0.29) is 11.6 Å². The van der Waals surface area contributed by atoms with E-state index in [1.807, 2.05) is 0 Å². The molecule has 2 N–H and O–H groups in total. The molecule has 0 unspecified atom stereocenters. The Morgan fingerprint density at radius 3 is 2.63 bits per heavy atom. The van der Waals surface area contributed by atoms with Gasteiger partial charge in [0.2, 0.25) is 0 Å². The molecule has 2 heterocycles. The van der Waals surface area contributed by atoms with Gasteiger partial charge in [0.05, 0.1) is 12.0 Å². The first-order chi connectivity index (χ1) is 14.5. The molecule has 6 nitrogen and oxygen atoms in total. The zero-order valence-electron chi connectivity index (χ0n) is 16.4. The van der Waals surface area contributed by atoms with E-state index in [0.29, 0.717) is 23.3 Å². The van der Waals surface area contributed by atoms with Crippen LogP contribution >= 0.6 is 0 Å². The molecule has 0 aromatic heterocycles. The quantitative estimate of drug-likeness (QED) is 0.459. The first-order valence-corrected chi connectivity index (χ1v) is 9.92. The van der Waals surface area contributed by atoms with E-state index in [9.17, 15) is 14.0 Å². The summed E-state index contributed by atoms with van der Waals surface area (Å²) in [6.45, 7) is 2.35. The number of hydrogen-bond acceptors (Lipinski definition) is 5. The Hall–Kier alpha value is -3.03. The number of hydrogen-bond donors (Lipinski definition) is 2. The van der Waals surface area contributed by atoms with Crippen LogP contribution in [0.2, 0.25) is 0 Å². The van der Waals surface area contributed by atoms with Crippen LogP contribution in [0.4, 0.5) is 4.39 Å². The molecule has 0 aliphatic carbocycles. The summed E-state index contributed by atoms with van der Waals surface area (Å²) in [5, 5.41) is 8.56. The van der Waals surface area contributed by atoms with E-state index in [1.165, 1.54) is 29.8 Å². The molecule has 0 saturated carbocycles. The highest BCUT2D eigenvalue weighted by molar-refractivity contribution is 6.01. The lowest BCUT2D eigenvalue weighted by Gasteiger charge is -2.44. The third kappa shape index (κ3) is 4.42. The standard InChI is InChI=1S/C23H23FN2O4/c24-18-5-1-17(2-6-18)15-26-11-9-23(10-12-26)14-20(27)19-13-16(3-7-21(19)30-23)4-8-22(28)25-29/h1-8,13,29H,9-12,14-15H2,(H,25,28)/b8-4+. The fourth-order valence-corrected chi connectivity index (χ4v) is 4.07. The number of nitrogens with zero attached hydrogens (tertiary/aromatic N) is 1. The first-order valence-electron chi connectivity index (χ1n) is 9.92. The maximum atomic E-state index is 13.1. The summed E-state index contributed by atoms with van der Waals surface area (Å²) in [5.74, 6) is -0.270. The molecule has 0 bridgehead atoms. The maximum Gasteiger partial charge on any atom is 0.267 e. The summed E-state index contributed by atoms with van der Waals surface area (Å²) < 4.78 is 19.4. The molecule has 1 amide bonds. The van der Waals surface area contributed by atoms with Gasteiger partial charge >= 0.3 is 0 Å². The Morgan fingerprint density at radius 1 is 1.20 bits per heavy atom. The van der Waals surface area contributed by atoms with E-state index in [4.69, 9.17) is 9.94 Å². The van der Waals surface area contributed by atoms with Crippen molar-refractivity contribution in [2.24, 2.45) is 0 Å². The highest BCUT2D eigenvalue weighted by Gasteiger charge is 2.42. The van der Waals surface area contributed by atoms with Crippen LogP contribution in [0.3, 0.4) is 0 Å². The van der Waals surface area contributed by atoms with Crippen LogP contribution in [0.15, 0.2) is 48.5 Å². The molecule has 4 rings (SSSR count). The van der Waals surface area contributed by atoms with Gasteiger partial charge in [0.15, 0.2) is 5.78 Å². The molecule has 2 aromatic rings. The van der Waals surface area contributed by atoms with Gasteiger partial charge in [-0.1, -0.05) is 18.2 Å². The van der Waals surface area contributed by atoms with Crippen LogP contribution in [0.1, 0.15) is 40.7 Å². The zero-order chi connectivity index (χ0) is 21.1. The number of hydroxylamine groups is 1. The van der Waals surface area contributed by atoms with Crippen LogP contribution in [-0.4, -0.2) is 40.5 Å². The number of Topliss-reactive ketones (excluding diaryl/α,β-unsaturated/α-hetero) is 1. The molecule has 0 atom stereocenters. The molecule has 2 aliphatic rings. The summed E-state index contributed by atoms with van der Waals surface area (Å²) in [6.07, 6.45) is 4.54. The molecule has 1 saturated heterocycles. The third-order valence-electron chi connectivity index (χ3n) is 5.74. The minimum atomic E-state index is -0.637. The lowest BCUT2D eigenvalue weighted by atomic mass is 9.82. The smallest absolute Gasteiger partial charge is 0.267 e. The Labute approximate surface area is 173 Å². The fraction of sp³-hybridized carbons (Fsp3) is 0.304.